The number of aromatic carboxylic acids is 1. The molecule has 1 heterocycles. The molecule has 2 aromatic rings. The standard InChI is InChI=1S/C13H8ClIN2O3/c14-9-5-7(1-2-10(9)15)12(18)17-11-6-8(13(19)20)3-4-16-11/h1-6H,(H,19,20)(H,16,17,18). The van der Waals surface area contributed by atoms with Crippen molar-refractivity contribution in [2.75, 3.05) is 5.32 Å². The van der Waals surface area contributed by atoms with Crippen molar-refractivity contribution >= 4 is 51.9 Å². The molecule has 5 nitrogen and oxygen atoms in total. The first kappa shape index (κ1) is 14.7. The van der Waals surface area contributed by atoms with Gasteiger partial charge in [0.05, 0.1) is 10.6 Å². The van der Waals surface area contributed by atoms with E-state index in [-0.39, 0.29) is 11.4 Å². The van der Waals surface area contributed by atoms with Gasteiger partial charge in [-0.25, -0.2) is 9.78 Å². The van der Waals surface area contributed by atoms with Gasteiger partial charge in [-0.3, -0.25) is 4.79 Å². The SMILES string of the molecule is O=C(O)c1ccnc(NC(=O)c2ccc(I)c(Cl)c2)c1. The average Bonchev–Trinajstić information content (AvgIpc) is 2.42. The molecule has 102 valence electrons. The second kappa shape index (κ2) is 6.19. The molecular formula is C13H8ClIN2O3. The lowest BCUT2D eigenvalue weighted by Gasteiger charge is -2.06. The van der Waals surface area contributed by atoms with E-state index in [1.165, 1.54) is 18.3 Å². The number of carbonyl (C=O) groups excluding carboxylic acids is 1. The van der Waals surface area contributed by atoms with Crippen molar-refractivity contribution in [2.24, 2.45) is 0 Å². The molecule has 0 radical (unpaired) electrons. The molecule has 0 bridgehead atoms. The highest BCUT2D eigenvalue weighted by molar-refractivity contribution is 14.1. The Bertz CT molecular complexity index is 691. The number of nitrogens with zero attached hydrogens (tertiary/aromatic N) is 1. The third-order valence-electron chi connectivity index (χ3n) is 2.43. The summed E-state index contributed by atoms with van der Waals surface area (Å²) in [6.45, 7) is 0. The Labute approximate surface area is 133 Å². The molecule has 0 aliphatic heterocycles. The molecule has 1 amide bonds. The van der Waals surface area contributed by atoms with Crippen LogP contribution in [-0.2, 0) is 0 Å². The summed E-state index contributed by atoms with van der Waals surface area (Å²) in [7, 11) is 0. The van der Waals surface area contributed by atoms with Gasteiger partial charge in [0.2, 0.25) is 0 Å². The first-order valence-corrected chi connectivity index (χ1v) is 6.89. The van der Waals surface area contributed by atoms with E-state index in [2.05, 4.69) is 32.9 Å². The molecule has 2 N–H and O–H groups in total. The van der Waals surface area contributed by atoms with Gasteiger partial charge < -0.3 is 10.4 Å². The van der Waals surface area contributed by atoms with Gasteiger partial charge in [0.25, 0.3) is 5.91 Å². The molecule has 0 atom stereocenters. The van der Waals surface area contributed by atoms with Crippen LogP contribution in [0.5, 0.6) is 0 Å². The first-order chi connectivity index (χ1) is 9.47. The topological polar surface area (TPSA) is 79.3 Å². The maximum absolute atomic E-state index is 12.0. The third kappa shape index (κ3) is 3.45. The van der Waals surface area contributed by atoms with E-state index in [9.17, 15) is 9.59 Å². The maximum atomic E-state index is 12.0. The number of pyridine rings is 1. The molecule has 1 aromatic heterocycles. The summed E-state index contributed by atoms with van der Waals surface area (Å²) in [4.78, 5) is 26.7. The van der Waals surface area contributed by atoms with E-state index >= 15 is 0 Å². The largest absolute Gasteiger partial charge is 0.478 e. The van der Waals surface area contributed by atoms with Gasteiger partial charge in [-0.2, -0.15) is 0 Å². The number of rotatable bonds is 3. The minimum Gasteiger partial charge on any atom is -0.478 e. The van der Waals surface area contributed by atoms with Gasteiger partial charge in [-0.15, -0.1) is 0 Å². The van der Waals surface area contributed by atoms with Crippen molar-refractivity contribution in [3.05, 3.63) is 56.2 Å². The van der Waals surface area contributed by atoms with Crippen molar-refractivity contribution < 1.29 is 14.7 Å². The Hall–Kier alpha value is -1.67. The summed E-state index contributed by atoms with van der Waals surface area (Å²) in [6, 6.07) is 7.52. The fourth-order valence-corrected chi connectivity index (χ4v) is 1.97. The lowest BCUT2D eigenvalue weighted by molar-refractivity contribution is 0.0696. The Kier molecular flexibility index (Phi) is 4.56. The van der Waals surface area contributed by atoms with E-state index in [0.29, 0.717) is 10.6 Å². The van der Waals surface area contributed by atoms with E-state index in [4.69, 9.17) is 16.7 Å². The molecule has 2 rings (SSSR count). The molecule has 0 saturated carbocycles. The van der Waals surface area contributed by atoms with E-state index in [1.54, 1.807) is 18.2 Å². The predicted octanol–water partition coefficient (Wildman–Crippen LogP) is 3.29. The highest BCUT2D eigenvalue weighted by Gasteiger charge is 2.10. The van der Waals surface area contributed by atoms with Gasteiger partial charge in [-0.05, 0) is 52.9 Å². The summed E-state index contributed by atoms with van der Waals surface area (Å²) in [5, 5.41) is 11.9. The van der Waals surface area contributed by atoms with Crippen molar-refractivity contribution in [3.8, 4) is 0 Å². The number of aromatic nitrogens is 1. The zero-order chi connectivity index (χ0) is 14.7. The highest BCUT2D eigenvalue weighted by Crippen LogP contribution is 2.20. The first-order valence-electron chi connectivity index (χ1n) is 5.43. The van der Waals surface area contributed by atoms with Crippen LogP contribution in [-0.4, -0.2) is 22.0 Å². The molecule has 1 aromatic carbocycles. The molecular weight excluding hydrogens is 395 g/mol. The molecule has 0 unspecified atom stereocenters. The summed E-state index contributed by atoms with van der Waals surface area (Å²) in [5.41, 5.74) is 0.425. The summed E-state index contributed by atoms with van der Waals surface area (Å²) in [5.74, 6) is -1.32. The van der Waals surface area contributed by atoms with Crippen LogP contribution in [0.2, 0.25) is 5.02 Å². The summed E-state index contributed by atoms with van der Waals surface area (Å²) < 4.78 is 0.840. The summed E-state index contributed by atoms with van der Waals surface area (Å²) >= 11 is 8.01. The van der Waals surface area contributed by atoms with Crippen LogP contribution in [0.3, 0.4) is 0 Å². The average molecular weight is 403 g/mol. The second-order valence-electron chi connectivity index (χ2n) is 3.82. The second-order valence-corrected chi connectivity index (χ2v) is 5.39. The zero-order valence-corrected chi connectivity index (χ0v) is 12.8. The molecule has 0 fully saturated rings. The van der Waals surface area contributed by atoms with Gasteiger partial charge >= 0.3 is 5.97 Å². The Balaban J connectivity index is 2.21. The number of amides is 1. The van der Waals surface area contributed by atoms with Gasteiger partial charge in [-0.1, -0.05) is 11.6 Å². The van der Waals surface area contributed by atoms with Gasteiger partial charge in [0.1, 0.15) is 5.82 Å². The number of hydrogen-bond donors (Lipinski definition) is 2. The molecule has 0 spiro atoms. The quantitative estimate of drug-likeness (QED) is 0.772. The molecule has 0 saturated heterocycles. The number of hydrogen-bond acceptors (Lipinski definition) is 3. The number of carbonyl (C=O) groups is 2. The minimum absolute atomic E-state index is 0.0518. The molecule has 0 aliphatic carbocycles. The van der Waals surface area contributed by atoms with Crippen molar-refractivity contribution in [3.63, 3.8) is 0 Å². The lowest BCUT2D eigenvalue weighted by Crippen LogP contribution is -2.13. The molecule has 7 heteroatoms. The van der Waals surface area contributed by atoms with Gasteiger partial charge in [0.15, 0.2) is 0 Å². The Morgan fingerprint density at radius 2 is 1.95 bits per heavy atom. The lowest BCUT2D eigenvalue weighted by atomic mass is 10.2. The number of carboxylic acids is 1. The number of anilines is 1. The van der Waals surface area contributed by atoms with Crippen molar-refractivity contribution in [1.29, 1.82) is 0 Å². The number of nitrogens with one attached hydrogen (secondary N) is 1. The van der Waals surface area contributed by atoms with Crippen LogP contribution in [0.4, 0.5) is 5.82 Å². The fourth-order valence-electron chi connectivity index (χ4n) is 1.46. The number of halogens is 2. The van der Waals surface area contributed by atoms with Crippen LogP contribution in [0.25, 0.3) is 0 Å². The van der Waals surface area contributed by atoms with E-state index in [0.717, 1.165) is 3.57 Å². The Morgan fingerprint density at radius 3 is 2.60 bits per heavy atom. The number of carboxylic acid groups (broad SMARTS) is 1. The normalized spacial score (nSPS) is 10.1. The zero-order valence-electron chi connectivity index (χ0n) is 9.93. The maximum Gasteiger partial charge on any atom is 0.335 e. The van der Waals surface area contributed by atoms with Crippen LogP contribution in [0, 0.1) is 3.57 Å². The highest BCUT2D eigenvalue weighted by atomic mass is 127. The van der Waals surface area contributed by atoms with Crippen LogP contribution >= 0.6 is 34.2 Å². The van der Waals surface area contributed by atoms with Gasteiger partial charge in [0, 0.05) is 15.3 Å². The molecule has 20 heavy (non-hydrogen) atoms. The van der Waals surface area contributed by atoms with Crippen molar-refractivity contribution in [1.82, 2.24) is 4.98 Å². The third-order valence-corrected chi connectivity index (χ3v) is 4.00. The smallest absolute Gasteiger partial charge is 0.335 e. The fraction of sp³-hybridized carbons (Fsp3) is 0. The summed E-state index contributed by atoms with van der Waals surface area (Å²) in [6.07, 6.45) is 1.32. The molecule has 0 aliphatic rings. The number of benzene rings is 1. The van der Waals surface area contributed by atoms with Crippen LogP contribution in [0.1, 0.15) is 20.7 Å². The van der Waals surface area contributed by atoms with Crippen molar-refractivity contribution in [2.45, 2.75) is 0 Å². The van der Waals surface area contributed by atoms with Crippen LogP contribution in [0.15, 0.2) is 36.5 Å². The van der Waals surface area contributed by atoms with Crippen LogP contribution < -0.4 is 5.32 Å². The minimum atomic E-state index is -1.08. The van der Waals surface area contributed by atoms with E-state index in [1.807, 2.05) is 0 Å². The Morgan fingerprint density at radius 1 is 1.20 bits per heavy atom. The predicted molar refractivity (Wildman–Crippen MR) is 83.3 cm³/mol. The van der Waals surface area contributed by atoms with E-state index < -0.39 is 11.9 Å². The monoisotopic (exact) mass is 402 g/mol.